The van der Waals surface area contributed by atoms with Gasteiger partial charge in [-0.1, -0.05) is 64.6 Å². The summed E-state index contributed by atoms with van der Waals surface area (Å²) in [5.41, 5.74) is 20.0. The molecule has 6 aliphatic rings. The number of hydrogen-bond donors (Lipinski definition) is 1. The first-order chi connectivity index (χ1) is 41.0. The average molecular weight is 1220 g/mol. The summed E-state index contributed by atoms with van der Waals surface area (Å²) in [6, 6.07) is -2.42. The molecular formula is C58H91N7O21. The van der Waals surface area contributed by atoms with Crippen LogP contribution in [0.5, 0.6) is 0 Å². The Balaban J connectivity index is 1.19. The third kappa shape index (κ3) is 16.8. The van der Waals surface area contributed by atoms with Gasteiger partial charge in [-0.05, 0) is 63.6 Å². The molecule has 6 heterocycles. The number of nitrogens with one attached hydrogen (secondary N) is 1. The number of carbonyl (C=O) groups excluding carboxylic acids is 3. The molecule has 0 aromatic rings. The zero-order valence-corrected chi connectivity index (χ0v) is 52.7. The van der Waals surface area contributed by atoms with Crippen molar-refractivity contribution in [3.63, 3.8) is 0 Å². The number of nitrogens with zero attached hydrogens (tertiary/aromatic N) is 6. The normalized spacial score (nSPS) is 43.2. The molecule has 0 amide bonds. The molecule has 0 bridgehead atoms. The van der Waals surface area contributed by atoms with Crippen LogP contribution in [0.15, 0.2) is 10.2 Å². The van der Waals surface area contributed by atoms with Crippen LogP contribution in [0.2, 0.25) is 0 Å². The van der Waals surface area contributed by atoms with Crippen molar-refractivity contribution in [2.75, 3.05) is 48.2 Å². The largest absolute Gasteiger partial charge is 0.463 e. The van der Waals surface area contributed by atoms with Crippen molar-refractivity contribution in [2.45, 2.75) is 238 Å². The number of rotatable bonds is 23. The highest BCUT2D eigenvalue weighted by Gasteiger charge is 2.56. The Morgan fingerprint density at radius 3 is 1.17 bits per heavy atom. The van der Waals surface area contributed by atoms with E-state index in [0.29, 0.717) is 0 Å². The minimum Gasteiger partial charge on any atom is -0.463 e. The van der Waals surface area contributed by atoms with Crippen LogP contribution in [-0.2, 0) is 99.6 Å². The molecule has 0 radical (unpaired) electrons. The van der Waals surface area contributed by atoms with Gasteiger partial charge in [-0.2, -0.15) is 0 Å². The molecule has 6 rings (SSSR count). The number of esters is 3. The first-order valence-electron chi connectivity index (χ1n) is 29.5. The first kappa shape index (κ1) is 70.4. The molecule has 6 aliphatic heterocycles. The Morgan fingerprint density at radius 1 is 0.453 bits per heavy atom. The lowest BCUT2D eigenvalue weighted by Gasteiger charge is -2.51. The maximum Gasteiger partial charge on any atom is 0.302 e. The maximum atomic E-state index is 12.5. The van der Waals surface area contributed by atoms with Crippen molar-refractivity contribution >= 4 is 17.9 Å². The molecule has 0 aromatic carbocycles. The van der Waals surface area contributed by atoms with Gasteiger partial charge in [0.1, 0.15) is 56.4 Å². The monoisotopic (exact) mass is 1220 g/mol. The summed E-state index contributed by atoms with van der Waals surface area (Å²) < 4.78 is 114. The van der Waals surface area contributed by atoms with Crippen molar-refractivity contribution in [3.8, 4) is 23.9 Å². The van der Waals surface area contributed by atoms with Gasteiger partial charge in [-0.25, -0.2) is 0 Å². The van der Waals surface area contributed by atoms with Crippen molar-refractivity contribution in [3.05, 3.63) is 20.9 Å². The Kier molecular flexibility index (Phi) is 26.8. The van der Waals surface area contributed by atoms with Crippen LogP contribution in [0.25, 0.3) is 20.9 Å². The summed E-state index contributed by atoms with van der Waals surface area (Å²) in [5, 5.41) is 11.6. The number of methoxy groups -OCH3 is 3. The highest BCUT2D eigenvalue weighted by molar-refractivity contribution is 5.66. The molecule has 6 saturated heterocycles. The molecule has 28 heteroatoms. The number of azide groups is 2. The van der Waals surface area contributed by atoms with Crippen LogP contribution in [0.3, 0.4) is 0 Å². The van der Waals surface area contributed by atoms with Crippen molar-refractivity contribution in [2.24, 2.45) is 51.7 Å². The number of carbonyl (C=O) groups is 3. The van der Waals surface area contributed by atoms with E-state index < -0.39 is 171 Å². The van der Waals surface area contributed by atoms with E-state index in [4.69, 9.17) is 85.3 Å². The molecule has 12 unspecified atom stereocenters. The van der Waals surface area contributed by atoms with Crippen LogP contribution >= 0.6 is 0 Å². The predicted octanol–water partition coefficient (Wildman–Crippen LogP) is 5.46. The summed E-state index contributed by atoms with van der Waals surface area (Å²) in [7, 11) is 6.46. The van der Waals surface area contributed by atoms with Crippen LogP contribution in [-0.4, -0.2) is 207 Å². The van der Waals surface area contributed by atoms with Crippen molar-refractivity contribution in [1.29, 1.82) is 0 Å². The molecule has 86 heavy (non-hydrogen) atoms. The third-order valence-electron chi connectivity index (χ3n) is 17.5. The standard InChI is InChI=1S/C58H91N7O21/c1-19-20-21-22-72-56-42(61-15)27(3)46(39(79-56)23-73-36(12)66)82-54-31(7)49(70-17)51(34(10)77-54)85-58-44(63-65-60)29(5)48(41(81-58)25-75-38(14)68)84-55-32(8)50(71-18)52(35(11)78-55)86-57-43(62-64-59)28(4)47(40(80-57)24-74-37(13)67)83-53-30(6)45(69-16)26(2)33(9)76-53/h26-35,39-58,61H,23-25H2,1-18H3/t26-,27-,28-,29-,30+,31+,32+,33?,34?,35?,39?,40?,41?,42?,43?,44?,45?,46+,47+,48+,49?,50?,51-,52+,53+,54+,55+,56-,57+,58-/m1/s1. The minimum atomic E-state index is -1.25. The second-order valence-electron chi connectivity index (χ2n) is 23.2. The number of hydrogen-bond acceptors (Lipinski definition) is 24. The smallest absolute Gasteiger partial charge is 0.302 e. The van der Waals surface area contributed by atoms with Gasteiger partial charge in [0.05, 0.1) is 73.1 Å². The van der Waals surface area contributed by atoms with Crippen molar-refractivity contribution < 1.29 is 99.6 Å². The van der Waals surface area contributed by atoms with Gasteiger partial charge in [0.15, 0.2) is 31.5 Å². The molecule has 30 atom stereocenters. The fourth-order valence-electron chi connectivity index (χ4n) is 12.7. The van der Waals surface area contributed by atoms with Crippen LogP contribution in [0.1, 0.15) is 96.9 Å². The van der Waals surface area contributed by atoms with Gasteiger partial charge in [0, 0.05) is 87.4 Å². The van der Waals surface area contributed by atoms with Gasteiger partial charge < -0.3 is 90.6 Å². The quantitative estimate of drug-likeness (QED) is 0.0332. The summed E-state index contributed by atoms with van der Waals surface area (Å²) in [6.45, 7) is 23.7. The molecule has 0 saturated carbocycles. The molecule has 0 spiro atoms. The van der Waals surface area contributed by atoms with Gasteiger partial charge in [0.2, 0.25) is 6.29 Å². The zero-order valence-electron chi connectivity index (χ0n) is 52.7. The van der Waals surface area contributed by atoms with Gasteiger partial charge >= 0.3 is 17.9 Å². The molecule has 6 fully saturated rings. The topological polar surface area (TPSA) is 327 Å². The lowest BCUT2D eigenvalue weighted by molar-refractivity contribution is -0.367. The van der Waals surface area contributed by atoms with E-state index in [1.807, 2.05) is 41.5 Å². The molecule has 0 aromatic heterocycles. The second kappa shape index (κ2) is 32.7. The highest BCUT2D eigenvalue weighted by Crippen LogP contribution is 2.43. The number of ether oxygens (including phenoxy) is 18. The Labute approximate surface area is 504 Å². The van der Waals surface area contributed by atoms with E-state index in [0.717, 1.165) is 0 Å². The van der Waals surface area contributed by atoms with E-state index in [9.17, 15) is 25.4 Å². The lowest BCUT2D eigenvalue weighted by Crippen LogP contribution is -2.64. The van der Waals surface area contributed by atoms with Crippen LogP contribution in [0.4, 0.5) is 0 Å². The third-order valence-corrected chi connectivity index (χ3v) is 17.5. The van der Waals surface area contributed by atoms with Crippen molar-refractivity contribution in [1.82, 2.24) is 5.32 Å². The molecule has 28 nitrogen and oxygen atoms in total. The van der Waals surface area contributed by atoms with E-state index >= 15 is 0 Å². The van der Waals surface area contributed by atoms with Gasteiger partial charge in [0.25, 0.3) is 0 Å². The molecular weight excluding hydrogens is 1130 g/mol. The van der Waals surface area contributed by atoms with E-state index in [2.05, 4.69) is 56.2 Å². The highest BCUT2D eigenvalue weighted by atomic mass is 16.8. The van der Waals surface area contributed by atoms with E-state index in [1.54, 1.807) is 41.9 Å². The number of likely N-dealkylation sites (N-methyl/N-ethyl adjacent to an activating group) is 1. The molecule has 484 valence electrons. The maximum absolute atomic E-state index is 12.5. The molecule has 0 aliphatic carbocycles. The predicted molar refractivity (Wildman–Crippen MR) is 301 cm³/mol. The Hall–Kier alpha value is -4.65. The second-order valence-corrected chi connectivity index (χ2v) is 23.2. The minimum absolute atomic E-state index is 0.0750. The molecule has 1 N–H and O–H groups in total. The first-order valence-corrected chi connectivity index (χ1v) is 29.5. The lowest BCUT2D eigenvalue weighted by atomic mass is 9.85. The summed E-state index contributed by atoms with van der Waals surface area (Å²) >= 11 is 0. The van der Waals surface area contributed by atoms with Crippen LogP contribution < -0.4 is 5.32 Å². The average Bonchev–Trinajstić information content (AvgIpc) is 0.939. The summed E-state index contributed by atoms with van der Waals surface area (Å²) in [4.78, 5) is 43.1. The van der Waals surface area contributed by atoms with E-state index in [-0.39, 0.29) is 49.8 Å². The fourth-order valence-corrected chi connectivity index (χ4v) is 12.7. The SMILES string of the molecule is CC#CC#CO[C@@H]1OC(COC(C)=O)[C@@H](O[C@@H]2OC(C)[C@@H](O[C@H]3OC(COC(C)=O)[C@@H](O[C@@H]4OC(C)[C@H](O[C@@H]5OC(COC(C)=O)[C@@H](O[C@@H]6OC(C)[C@@H](C)C(OC)[C@@H]6C)[C@H](C)C5N=[N+]=[N-])C(OC)[C@@H]4C)[C@H](C)C3N=[N+]=[N-])C(OC)[C@@H]2C)[C@H](C)C1NC. The van der Waals surface area contributed by atoms with Gasteiger partial charge in [-0.3, -0.25) is 14.4 Å². The summed E-state index contributed by atoms with van der Waals surface area (Å²) in [5.74, 6) is 3.52. The van der Waals surface area contributed by atoms with Gasteiger partial charge in [-0.15, -0.1) is 0 Å². The zero-order chi connectivity index (χ0) is 63.3. The Bertz CT molecular complexity index is 2450. The van der Waals surface area contributed by atoms with E-state index in [1.165, 1.54) is 35.0 Å². The summed E-state index contributed by atoms with van der Waals surface area (Å²) in [6.07, 6.45) is -13.6. The van der Waals surface area contributed by atoms with Crippen LogP contribution in [0, 0.1) is 65.3 Å². The fraction of sp³-hybridized carbons (Fsp3) is 0.879. The Morgan fingerprint density at radius 2 is 0.814 bits per heavy atom.